The fraction of sp³-hybridized carbons (Fsp3) is 0.750. The second kappa shape index (κ2) is 8.29. The van der Waals surface area contributed by atoms with E-state index in [1.54, 1.807) is 0 Å². The Hall–Kier alpha value is -1.20. The standard InChI is InChI=1S/C16H29N5/c1-4-8-17-10-14-11-19-16(12-18-14)21-9-7-15(13-21)20(5-2)6-3/h11-12,15,17H,4-10,13H2,1-3H3. The van der Waals surface area contributed by atoms with Crippen LogP contribution in [0.15, 0.2) is 12.4 Å². The lowest BCUT2D eigenvalue weighted by molar-refractivity contribution is 0.232. The van der Waals surface area contributed by atoms with Crippen LogP contribution in [0, 0.1) is 0 Å². The zero-order chi connectivity index (χ0) is 15.1. The van der Waals surface area contributed by atoms with Crippen molar-refractivity contribution in [1.29, 1.82) is 0 Å². The van der Waals surface area contributed by atoms with Gasteiger partial charge in [-0.1, -0.05) is 20.8 Å². The predicted molar refractivity (Wildman–Crippen MR) is 87.6 cm³/mol. The van der Waals surface area contributed by atoms with Crippen molar-refractivity contribution < 1.29 is 0 Å². The van der Waals surface area contributed by atoms with E-state index in [4.69, 9.17) is 0 Å². The van der Waals surface area contributed by atoms with E-state index in [-0.39, 0.29) is 0 Å². The highest BCUT2D eigenvalue weighted by Crippen LogP contribution is 2.20. The van der Waals surface area contributed by atoms with Crippen molar-refractivity contribution in [2.45, 2.75) is 46.2 Å². The average Bonchev–Trinajstić information content (AvgIpc) is 2.99. The van der Waals surface area contributed by atoms with E-state index in [0.717, 1.165) is 57.2 Å². The van der Waals surface area contributed by atoms with Crippen LogP contribution in [0.5, 0.6) is 0 Å². The van der Waals surface area contributed by atoms with E-state index in [2.05, 4.69) is 45.9 Å². The lowest BCUT2D eigenvalue weighted by Crippen LogP contribution is -2.37. The molecule has 118 valence electrons. The minimum atomic E-state index is 0.660. The van der Waals surface area contributed by atoms with Crippen molar-refractivity contribution in [3.63, 3.8) is 0 Å². The maximum absolute atomic E-state index is 4.59. The highest BCUT2D eigenvalue weighted by molar-refractivity contribution is 5.37. The lowest BCUT2D eigenvalue weighted by atomic mass is 10.2. The summed E-state index contributed by atoms with van der Waals surface area (Å²) in [4.78, 5) is 14.0. The van der Waals surface area contributed by atoms with E-state index in [0.29, 0.717) is 6.04 Å². The molecule has 5 heteroatoms. The SMILES string of the molecule is CCCNCc1cnc(N2CCC(N(CC)CC)C2)cn1. The van der Waals surface area contributed by atoms with Gasteiger partial charge in [-0.25, -0.2) is 4.98 Å². The first-order valence-corrected chi connectivity index (χ1v) is 8.29. The fourth-order valence-electron chi connectivity index (χ4n) is 2.98. The van der Waals surface area contributed by atoms with Crippen LogP contribution in [0.25, 0.3) is 0 Å². The molecule has 1 atom stereocenters. The Morgan fingerprint density at radius 1 is 1.24 bits per heavy atom. The Morgan fingerprint density at radius 2 is 2.05 bits per heavy atom. The molecule has 1 aromatic heterocycles. The Bertz CT molecular complexity index is 402. The monoisotopic (exact) mass is 291 g/mol. The molecular weight excluding hydrogens is 262 g/mol. The molecule has 0 aromatic carbocycles. The molecule has 0 amide bonds. The topological polar surface area (TPSA) is 44.3 Å². The minimum Gasteiger partial charge on any atom is -0.354 e. The summed E-state index contributed by atoms with van der Waals surface area (Å²) in [5.74, 6) is 1.02. The van der Waals surface area contributed by atoms with Gasteiger partial charge < -0.3 is 10.2 Å². The van der Waals surface area contributed by atoms with Crippen molar-refractivity contribution in [2.75, 3.05) is 37.6 Å². The van der Waals surface area contributed by atoms with Gasteiger partial charge in [0.25, 0.3) is 0 Å². The Kier molecular flexibility index (Phi) is 6.39. The highest BCUT2D eigenvalue weighted by atomic mass is 15.3. The van der Waals surface area contributed by atoms with Crippen molar-refractivity contribution in [3.05, 3.63) is 18.1 Å². The Balaban J connectivity index is 1.88. The van der Waals surface area contributed by atoms with Crippen LogP contribution < -0.4 is 10.2 Å². The van der Waals surface area contributed by atoms with E-state index >= 15 is 0 Å². The lowest BCUT2D eigenvalue weighted by Gasteiger charge is -2.26. The molecule has 0 spiro atoms. The number of likely N-dealkylation sites (N-methyl/N-ethyl adjacent to an activating group) is 1. The summed E-state index contributed by atoms with van der Waals surface area (Å²) in [6, 6.07) is 0.660. The summed E-state index contributed by atoms with van der Waals surface area (Å²) in [5.41, 5.74) is 1.02. The van der Waals surface area contributed by atoms with Gasteiger partial charge in [0.15, 0.2) is 0 Å². The first kappa shape index (κ1) is 16.2. The van der Waals surface area contributed by atoms with E-state index in [9.17, 15) is 0 Å². The summed E-state index contributed by atoms with van der Waals surface area (Å²) < 4.78 is 0. The van der Waals surface area contributed by atoms with Gasteiger partial charge in [0.1, 0.15) is 5.82 Å². The van der Waals surface area contributed by atoms with Gasteiger partial charge in [-0.05, 0) is 32.5 Å². The van der Waals surface area contributed by atoms with Gasteiger partial charge in [-0.3, -0.25) is 9.88 Å². The van der Waals surface area contributed by atoms with Crippen molar-refractivity contribution >= 4 is 5.82 Å². The molecule has 1 saturated heterocycles. The third-order valence-electron chi connectivity index (χ3n) is 4.24. The van der Waals surface area contributed by atoms with Gasteiger partial charge in [0.05, 0.1) is 18.1 Å². The summed E-state index contributed by atoms with van der Waals surface area (Å²) in [7, 11) is 0. The quantitative estimate of drug-likeness (QED) is 0.741. The molecule has 21 heavy (non-hydrogen) atoms. The molecular formula is C16H29N5. The first-order chi connectivity index (χ1) is 10.3. The molecule has 5 nitrogen and oxygen atoms in total. The molecule has 1 aliphatic rings. The molecule has 1 aliphatic heterocycles. The summed E-state index contributed by atoms with van der Waals surface area (Å²) >= 11 is 0. The van der Waals surface area contributed by atoms with E-state index < -0.39 is 0 Å². The molecule has 0 saturated carbocycles. The molecule has 2 rings (SSSR count). The molecule has 1 aromatic rings. The number of aromatic nitrogens is 2. The maximum Gasteiger partial charge on any atom is 0.147 e. The molecule has 0 bridgehead atoms. The van der Waals surface area contributed by atoms with Crippen LogP contribution in [-0.2, 0) is 6.54 Å². The first-order valence-electron chi connectivity index (χ1n) is 8.29. The number of anilines is 1. The molecule has 1 N–H and O–H groups in total. The van der Waals surface area contributed by atoms with E-state index in [1.807, 2.05) is 12.4 Å². The number of rotatable bonds is 8. The molecule has 1 unspecified atom stereocenters. The molecule has 2 heterocycles. The van der Waals surface area contributed by atoms with Crippen molar-refractivity contribution in [2.24, 2.45) is 0 Å². The number of nitrogens with zero attached hydrogens (tertiary/aromatic N) is 4. The third-order valence-corrected chi connectivity index (χ3v) is 4.24. The van der Waals surface area contributed by atoms with Gasteiger partial charge >= 0.3 is 0 Å². The van der Waals surface area contributed by atoms with Crippen LogP contribution in [-0.4, -0.2) is 53.6 Å². The number of hydrogen-bond acceptors (Lipinski definition) is 5. The predicted octanol–water partition coefficient (Wildman–Crippen LogP) is 1.90. The van der Waals surface area contributed by atoms with Crippen LogP contribution in [0.3, 0.4) is 0 Å². The molecule has 1 fully saturated rings. The number of nitrogens with one attached hydrogen (secondary N) is 1. The third kappa shape index (κ3) is 4.38. The van der Waals surface area contributed by atoms with Crippen LogP contribution >= 0.6 is 0 Å². The van der Waals surface area contributed by atoms with E-state index in [1.165, 1.54) is 6.42 Å². The zero-order valence-corrected chi connectivity index (χ0v) is 13.7. The summed E-state index contributed by atoms with van der Waals surface area (Å²) in [6.45, 7) is 12.9. The van der Waals surface area contributed by atoms with Crippen molar-refractivity contribution in [1.82, 2.24) is 20.2 Å². The molecule has 0 aliphatic carbocycles. The average molecular weight is 291 g/mol. The largest absolute Gasteiger partial charge is 0.354 e. The summed E-state index contributed by atoms with van der Waals surface area (Å²) in [6.07, 6.45) is 6.20. The number of hydrogen-bond donors (Lipinski definition) is 1. The van der Waals surface area contributed by atoms with Crippen molar-refractivity contribution in [3.8, 4) is 0 Å². The Labute approximate surface area is 128 Å². The van der Waals surface area contributed by atoms with Gasteiger partial charge in [-0.15, -0.1) is 0 Å². The Morgan fingerprint density at radius 3 is 2.67 bits per heavy atom. The second-order valence-corrected chi connectivity index (χ2v) is 5.65. The van der Waals surface area contributed by atoms with Gasteiger partial charge in [0.2, 0.25) is 0 Å². The normalized spacial score (nSPS) is 18.7. The van der Waals surface area contributed by atoms with Gasteiger partial charge in [0, 0.05) is 25.7 Å². The smallest absolute Gasteiger partial charge is 0.147 e. The van der Waals surface area contributed by atoms with Crippen LogP contribution in [0.2, 0.25) is 0 Å². The minimum absolute atomic E-state index is 0.660. The van der Waals surface area contributed by atoms with Crippen LogP contribution in [0.1, 0.15) is 39.3 Å². The second-order valence-electron chi connectivity index (χ2n) is 5.65. The molecule has 0 radical (unpaired) electrons. The van der Waals surface area contributed by atoms with Gasteiger partial charge in [-0.2, -0.15) is 0 Å². The zero-order valence-electron chi connectivity index (χ0n) is 13.7. The van der Waals surface area contributed by atoms with Crippen LogP contribution in [0.4, 0.5) is 5.82 Å². The fourth-order valence-corrected chi connectivity index (χ4v) is 2.98. The highest BCUT2D eigenvalue weighted by Gasteiger charge is 2.26. The maximum atomic E-state index is 4.59. The summed E-state index contributed by atoms with van der Waals surface area (Å²) in [5, 5.41) is 3.35.